The second kappa shape index (κ2) is 4.50. The molecule has 1 atom stereocenters. The molecule has 0 aromatic rings. The molecule has 0 saturated carbocycles. The Balaban J connectivity index is 2.97. The van der Waals surface area contributed by atoms with Crippen molar-refractivity contribution in [3.05, 3.63) is 18.7 Å². The number of nitrogens with one attached hydrogen (secondary N) is 3. The standard InChI is InChI=1S/C2H7N3O3/c1-2-7-4-5(3)8-6/h2-6H,1H2. The molecule has 0 bridgehead atoms. The zero-order valence-electron chi connectivity index (χ0n) is 4.05. The van der Waals surface area contributed by atoms with E-state index in [0.717, 1.165) is 6.26 Å². The van der Waals surface area contributed by atoms with E-state index in [-0.39, 0.29) is 0 Å². The zero-order chi connectivity index (χ0) is 6.41. The number of hydrogen-bond donors (Lipinski definition) is 3. The van der Waals surface area contributed by atoms with Gasteiger partial charge in [-0.25, -0.2) is 0 Å². The summed E-state index contributed by atoms with van der Waals surface area (Å²) >= 11 is 0. The van der Waals surface area contributed by atoms with Crippen LogP contribution in [0, 0.1) is 0 Å². The van der Waals surface area contributed by atoms with Crippen molar-refractivity contribution in [1.29, 1.82) is 0 Å². The maximum Gasteiger partial charge on any atom is 0.110 e. The van der Waals surface area contributed by atoms with Gasteiger partial charge in [-0.1, -0.05) is 6.58 Å². The van der Waals surface area contributed by atoms with Crippen molar-refractivity contribution in [1.82, 2.24) is 5.59 Å². The lowest BCUT2D eigenvalue weighted by Gasteiger charge is -2.10. The lowest BCUT2D eigenvalue weighted by atomic mass is 11.2. The fraction of sp³-hybridized carbons (Fsp3) is 0. The van der Waals surface area contributed by atoms with Crippen LogP contribution in [0.4, 0.5) is 0 Å². The van der Waals surface area contributed by atoms with Gasteiger partial charge >= 0.3 is 0 Å². The smallest absolute Gasteiger partial charge is 0.110 e. The van der Waals surface area contributed by atoms with Gasteiger partial charge in [-0.2, -0.15) is 5.26 Å². The Morgan fingerprint density at radius 1 is 1.88 bits per heavy atom. The van der Waals surface area contributed by atoms with E-state index in [1.807, 2.05) is 5.59 Å². The van der Waals surface area contributed by atoms with Gasteiger partial charge in [-0.3, -0.25) is 0 Å². The maximum absolute atomic E-state index is 7.66. The van der Waals surface area contributed by atoms with Gasteiger partial charge < -0.3 is 10.7 Å². The Morgan fingerprint density at radius 3 is 2.88 bits per heavy atom. The molecular formula is C2H7N3O3. The van der Waals surface area contributed by atoms with Crippen LogP contribution in [0.3, 0.4) is 0 Å². The van der Waals surface area contributed by atoms with Crippen molar-refractivity contribution in [3.63, 3.8) is 0 Å². The molecule has 0 amide bonds. The third kappa shape index (κ3) is 3.53. The molecule has 0 spiro atoms. The second-order valence-corrected chi connectivity index (χ2v) is 0.807. The average Bonchev–Trinajstić information content (AvgIpc) is 1.83. The summed E-state index contributed by atoms with van der Waals surface area (Å²) in [6, 6.07) is 0. The molecule has 48 valence electrons. The molecule has 0 aliphatic rings. The lowest BCUT2D eigenvalue weighted by molar-refractivity contribution is -1.15. The molecule has 0 aromatic carbocycles. The van der Waals surface area contributed by atoms with Gasteiger partial charge in [0.25, 0.3) is 0 Å². The minimum atomic E-state index is -0.593. The topological polar surface area (TPSA) is 79.0 Å². The summed E-state index contributed by atoms with van der Waals surface area (Å²) in [4.78, 5) is 7.54. The van der Waals surface area contributed by atoms with E-state index in [1.165, 1.54) is 0 Å². The summed E-state index contributed by atoms with van der Waals surface area (Å²) in [5.41, 5.74) is 1.88. The first kappa shape index (κ1) is 7.34. The van der Waals surface area contributed by atoms with Crippen molar-refractivity contribution in [2.24, 2.45) is 0 Å². The number of hydrogen-bond acceptors (Lipinski definition) is 4. The van der Waals surface area contributed by atoms with Crippen molar-refractivity contribution < 1.29 is 20.4 Å². The van der Waals surface area contributed by atoms with Gasteiger partial charge in [0.2, 0.25) is 0 Å². The minimum Gasteiger partial charge on any atom is -0.407 e. The second-order valence-electron chi connectivity index (χ2n) is 0.807. The average molecular weight is 121 g/mol. The van der Waals surface area contributed by atoms with Crippen LogP contribution >= 0.6 is 0 Å². The van der Waals surface area contributed by atoms with Crippen LogP contribution in [0.15, 0.2) is 12.8 Å². The van der Waals surface area contributed by atoms with Gasteiger partial charge in [0.05, 0.1) is 0 Å². The van der Waals surface area contributed by atoms with Gasteiger partial charge in [-0.05, 0) is 4.99 Å². The Labute approximate surface area is 45.9 Å². The number of rotatable bonds is 4. The number of quaternary nitrogens is 1. The van der Waals surface area contributed by atoms with Gasteiger partial charge in [0.15, 0.2) is 0 Å². The summed E-state index contributed by atoms with van der Waals surface area (Å²) in [7, 11) is 0. The molecule has 0 fully saturated rings. The predicted octanol–water partition coefficient (Wildman–Crippen LogP) is -1.18. The largest absolute Gasteiger partial charge is 0.407 e. The molecule has 4 N–H and O–H groups in total. The first-order chi connectivity index (χ1) is 3.81. The minimum absolute atomic E-state index is 0.593. The molecule has 8 heavy (non-hydrogen) atoms. The molecule has 1 unspecified atom stereocenters. The Hall–Kier alpha value is -0.660. The van der Waals surface area contributed by atoms with Gasteiger partial charge in [-0.15, -0.1) is 5.28 Å². The molecule has 0 saturated heterocycles. The van der Waals surface area contributed by atoms with Crippen LogP contribution in [0.25, 0.3) is 5.84 Å². The molecule has 0 rings (SSSR count). The fourth-order valence-corrected chi connectivity index (χ4v) is 0.114. The molecule has 0 aliphatic carbocycles. The van der Waals surface area contributed by atoms with Crippen LogP contribution < -0.4 is 10.9 Å². The third-order valence-electron chi connectivity index (χ3n) is 0.326. The fourth-order valence-electron chi connectivity index (χ4n) is 0.114. The quantitative estimate of drug-likeness (QED) is 0.248. The molecule has 6 heteroatoms. The first-order valence-electron chi connectivity index (χ1n) is 1.73. The van der Waals surface area contributed by atoms with Crippen LogP contribution in [0.1, 0.15) is 0 Å². The van der Waals surface area contributed by atoms with Gasteiger partial charge in [0, 0.05) is 5.59 Å². The maximum atomic E-state index is 7.66. The molecule has 0 radical (unpaired) electrons. The van der Waals surface area contributed by atoms with Crippen LogP contribution in [-0.4, -0.2) is 5.26 Å². The van der Waals surface area contributed by atoms with E-state index < -0.39 is 5.28 Å². The van der Waals surface area contributed by atoms with E-state index in [4.69, 9.17) is 11.1 Å². The van der Waals surface area contributed by atoms with Crippen molar-refractivity contribution in [2.75, 3.05) is 0 Å². The Morgan fingerprint density at radius 2 is 2.50 bits per heavy atom. The van der Waals surface area contributed by atoms with E-state index >= 15 is 0 Å². The summed E-state index contributed by atoms with van der Waals surface area (Å²) in [6.07, 6.45) is 1.05. The Kier molecular flexibility index (Phi) is 4.13. The van der Waals surface area contributed by atoms with E-state index in [2.05, 4.69) is 16.4 Å². The molecule has 0 aromatic heterocycles. The van der Waals surface area contributed by atoms with E-state index in [9.17, 15) is 0 Å². The highest BCUT2D eigenvalue weighted by atomic mass is 17.2. The van der Waals surface area contributed by atoms with Crippen LogP contribution in [0.5, 0.6) is 0 Å². The van der Waals surface area contributed by atoms with E-state index in [0.29, 0.717) is 0 Å². The summed E-state index contributed by atoms with van der Waals surface area (Å²) in [5, 5.41) is 7.07. The van der Waals surface area contributed by atoms with Gasteiger partial charge in [0.1, 0.15) is 6.26 Å². The highest BCUT2D eigenvalue weighted by Crippen LogP contribution is 1.53. The van der Waals surface area contributed by atoms with Crippen molar-refractivity contribution in [2.45, 2.75) is 0 Å². The summed E-state index contributed by atoms with van der Waals surface area (Å²) < 4.78 is 0. The highest BCUT2D eigenvalue weighted by molar-refractivity contribution is 4.42. The third-order valence-corrected chi connectivity index (χ3v) is 0.326. The van der Waals surface area contributed by atoms with E-state index in [1.54, 1.807) is 0 Å². The monoisotopic (exact) mass is 121 g/mol. The summed E-state index contributed by atoms with van der Waals surface area (Å²) in [5.74, 6) is 6.48. The summed E-state index contributed by atoms with van der Waals surface area (Å²) in [6.45, 7) is 3.15. The van der Waals surface area contributed by atoms with Crippen molar-refractivity contribution >= 4 is 0 Å². The van der Waals surface area contributed by atoms with Crippen LogP contribution in [-0.2, 0) is 9.83 Å². The highest BCUT2D eigenvalue weighted by Gasteiger charge is 1.87. The normalized spacial score (nSPS) is 12.8. The zero-order valence-corrected chi connectivity index (χ0v) is 4.05. The predicted molar refractivity (Wildman–Crippen MR) is 23.4 cm³/mol. The van der Waals surface area contributed by atoms with Crippen molar-refractivity contribution in [3.8, 4) is 0 Å². The molecule has 0 aliphatic heterocycles. The first-order valence-corrected chi connectivity index (χ1v) is 1.73. The Bertz CT molecular complexity index is 67.5. The van der Waals surface area contributed by atoms with Crippen LogP contribution in [0.2, 0.25) is 0 Å². The SMILES string of the molecule is C=CON[NH+]([NH-])OO. The molecule has 0 heterocycles. The lowest BCUT2D eigenvalue weighted by Crippen LogP contribution is -3.11. The molecular weight excluding hydrogens is 114 g/mol. The molecule has 6 nitrogen and oxygen atoms in total.